The second-order valence-corrected chi connectivity index (χ2v) is 3.62. The van der Waals surface area contributed by atoms with Crippen LogP contribution in [0.2, 0.25) is 0 Å². The summed E-state index contributed by atoms with van der Waals surface area (Å²) in [5.41, 5.74) is 5.61. The predicted molar refractivity (Wildman–Crippen MR) is 68.1 cm³/mol. The number of hydrogen-bond donors (Lipinski definition) is 2. The highest BCUT2D eigenvalue weighted by Crippen LogP contribution is 2.10. The van der Waals surface area contributed by atoms with Gasteiger partial charge in [-0.25, -0.2) is 4.98 Å². The van der Waals surface area contributed by atoms with E-state index in [0.717, 1.165) is 6.42 Å². The summed E-state index contributed by atoms with van der Waals surface area (Å²) < 4.78 is 0. The first kappa shape index (κ1) is 17.0. The molecule has 15 heavy (non-hydrogen) atoms. The Morgan fingerprint density at radius 3 is 2.80 bits per heavy atom. The second kappa shape index (κ2) is 8.91. The van der Waals surface area contributed by atoms with Gasteiger partial charge in [-0.3, -0.25) is 4.79 Å². The lowest BCUT2D eigenvalue weighted by molar-refractivity contribution is -0.117. The zero-order chi connectivity index (χ0) is 9.68. The summed E-state index contributed by atoms with van der Waals surface area (Å²) in [6, 6.07) is -0.422. The third-order valence-electron chi connectivity index (χ3n) is 1.60. The monoisotopic (exact) mass is 271 g/mol. The molecule has 0 aliphatic rings. The molecule has 1 unspecified atom stereocenters. The van der Waals surface area contributed by atoms with E-state index in [4.69, 9.17) is 5.73 Å². The van der Waals surface area contributed by atoms with Crippen molar-refractivity contribution in [2.45, 2.75) is 25.8 Å². The van der Waals surface area contributed by atoms with Gasteiger partial charge in [0.05, 0.1) is 6.04 Å². The van der Waals surface area contributed by atoms with Gasteiger partial charge in [-0.05, 0) is 6.42 Å². The molecule has 1 atom stereocenters. The molecule has 0 fully saturated rings. The van der Waals surface area contributed by atoms with Crippen molar-refractivity contribution in [2.75, 3.05) is 5.32 Å². The molecule has 88 valence electrons. The summed E-state index contributed by atoms with van der Waals surface area (Å²) in [6.07, 6.45) is 3.26. The molecule has 0 aliphatic heterocycles. The summed E-state index contributed by atoms with van der Waals surface area (Å²) in [6.45, 7) is 2.00. The highest BCUT2D eigenvalue weighted by atomic mass is 35.5. The van der Waals surface area contributed by atoms with E-state index in [1.807, 2.05) is 6.92 Å². The number of amides is 1. The number of halogens is 2. The van der Waals surface area contributed by atoms with E-state index >= 15 is 0 Å². The lowest BCUT2D eigenvalue weighted by Gasteiger charge is -2.08. The minimum Gasteiger partial charge on any atom is -0.320 e. The van der Waals surface area contributed by atoms with E-state index in [-0.39, 0.29) is 30.7 Å². The summed E-state index contributed by atoms with van der Waals surface area (Å²) in [5, 5.41) is 5.06. The number of hydrogen-bond acceptors (Lipinski definition) is 4. The Morgan fingerprint density at radius 1 is 1.67 bits per heavy atom. The fraction of sp³-hybridized carbons (Fsp3) is 0.500. The SMILES string of the molecule is CCCC(N)C(=O)Nc1nccs1.Cl.Cl. The van der Waals surface area contributed by atoms with Crippen molar-refractivity contribution in [3.8, 4) is 0 Å². The molecule has 1 heterocycles. The van der Waals surface area contributed by atoms with Crippen LogP contribution in [-0.4, -0.2) is 16.9 Å². The van der Waals surface area contributed by atoms with Gasteiger partial charge in [0, 0.05) is 11.6 Å². The Hall–Kier alpha value is -0.360. The molecule has 7 heteroatoms. The number of anilines is 1. The lowest BCUT2D eigenvalue weighted by Crippen LogP contribution is -2.35. The van der Waals surface area contributed by atoms with E-state index in [2.05, 4.69) is 10.3 Å². The van der Waals surface area contributed by atoms with Crippen molar-refractivity contribution >= 4 is 47.2 Å². The highest BCUT2D eigenvalue weighted by Gasteiger charge is 2.12. The molecular weight excluding hydrogens is 257 g/mol. The number of nitrogens with two attached hydrogens (primary N) is 1. The van der Waals surface area contributed by atoms with Crippen LogP contribution in [0.15, 0.2) is 11.6 Å². The van der Waals surface area contributed by atoms with Crippen LogP contribution >= 0.6 is 36.2 Å². The third-order valence-corrected chi connectivity index (χ3v) is 2.29. The topological polar surface area (TPSA) is 68.0 Å². The van der Waals surface area contributed by atoms with Gasteiger partial charge in [-0.1, -0.05) is 13.3 Å². The van der Waals surface area contributed by atoms with Crippen LogP contribution in [0, 0.1) is 0 Å². The molecule has 0 aliphatic carbocycles. The maximum Gasteiger partial charge on any atom is 0.243 e. The molecular formula is C8H15Cl2N3OS. The van der Waals surface area contributed by atoms with E-state index in [9.17, 15) is 4.79 Å². The van der Waals surface area contributed by atoms with Crippen LogP contribution in [0.3, 0.4) is 0 Å². The zero-order valence-corrected chi connectivity index (χ0v) is 10.8. The molecule has 1 amide bonds. The maximum absolute atomic E-state index is 11.3. The average molecular weight is 272 g/mol. The minimum atomic E-state index is -0.422. The molecule has 1 aromatic heterocycles. The number of carbonyl (C=O) groups is 1. The van der Waals surface area contributed by atoms with E-state index in [1.165, 1.54) is 11.3 Å². The third kappa shape index (κ3) is 5.94. The number of nitrogens with zero attached hydrogens (tertiary/aromatic N) is 1. The quantitative estimate of drug-likeness (QED) is 0.881. The van der Waals surface area contributed by atoms with Crippen molar-refractivity contribution in [3.05, 3.63) is 11.6 Å². The normalized spacial score (nSPS) is 10.8. The lowest BCUT2D eigenvalue weighted by atomic mass is 10.2. The van der Waals surface area contributed by atoms with Crippen LogP contribution in [0.5, 0.6) is 0 Å². The molecule has 0 saturated carbocycles. The summed E-state index contributed by atoms with van der Waals surface area (Å²) in [5.74, 6) is -0.156. The smallest absolute Gasteiger partial charge is 0.243 e. The first-order valence-corrected chi connectivity index (χ1v) is 5.08. The van der Waals surface area contributed by atoms with Crippen LogP contribution in [-0.2, 0) is 4.79 Å². The summed E-state index contributed by atoms with van der Waals surface area (Å²) >= 11 is 1.39. The molecule has 0 saturated heterocycles. The van der Waals surface area contributed by atoms with Gasteiger partial charge >= 0.3 is 0 Å². The van der Waals surface area contributed by atoms with Crippen molar-refractivity contribution in [3.63, 3.8) is 0 Å². The van der Waals surface area contributed by atoms with Crippen molar-refractivity contribution in [1.82, 2.24) is 4.98 Å². The van der Waals surface area contributed by atoms with Gasteiger partial charge in [0.1, 0.15) is 0 Å². The van der Waals surface area contributed by atoms with Gasteiger partial charge in [0.15, 0.2) is 5.13 Å². The molecule has 0 aromatic carbocycles. The zero-order valence-electron chi connectivity index (χ0n) is 8.30. The molecule has 0 radical (unpaired) electrons. The number of aromatic nitrogens is 1. The molecule has 1 aromatic rings. The fourth-order valence-corrected chi connectivity index (χ4v) is 1.46. The van der Waals surface area contributed by atoms with Gasteiger partial charge in [0.25, 0.3) is 0 Å². The molecule has 1 rings (SSSR count). The largest absolute Gasteiger partial charge is 0.320 e. The van der Waals surface area contributed by atoms with E-state index < -0.39 is 6.04 Å². The van der Waals surface area contributed by atoms with Crippen LogP contribution in [0.4, 0.5) is 5.13 Å². The Bertz CT molecular complexity index is 269. The van der Waals surface area contributed by atoms with Crippen LogP contribution in [0.1, 0.15) is 19.8 Å². The highest BCUT2D eigenvalue weighted by molar-refractivity contribution is 7.13. The Labute approximate surface area is 105 Å². The Balaban J connectivity index is 0. The minimum absolute atomic E-state index is 0. The van der Waals surface area contributed by atoms with Gasteiger partial charge < -0.3 is 11.1 Å². The van der Waals surface area contributed by atoms with Crippen molar-refractivity contribution < 1.29 is 4.79 Å². The average Bonchev–Trinajstić information content (AvgIpc) is 2.57. The number of thiazole rings is 1. The second-order valence-electron chi connectivity index (χ2n) is 2.72. The van der Waals surface area contributed by atoms with Gasteiger partial charge in [-0.15, -0.1) is 36.2 Å². The Morgan fingerprint density at radius 2 is 2.33 bits per heavy atom. The summed E-state index contributed by atoms with van der Waals surface area (Å²) in [4.78, 5) is 15.3. The first-order valence-electron chi connectivity index (χ1n) is 4.20. The number of rotatable bonds is 4. The number of nitrogens with one attached hydrogen (secondary N) is 1. The van der Waals surface area contributed by atoms with E-state index in [1.54, 1.807) is 11.6 Å². The predicted octanol–water partition coefficient (Wildman–Crippen LogP) is 2.05. The summed E-state index contributed by atoms with van der Waals surface area (Å²) in [7, 11) is 0. The van der Waals surface area contributed by atoms with Crippen molar-refractivity contribution in [1.29, 1.82) is 0 Å². The molecule has 4 nitrogen and oxygen atoms in total. The molecule has 3 N–H and O–H groups in total. The van der Waals surface area contributed by atoms with Crippen LogP contribution < -0.4 is 11.1 Å². The van der Waals surface area contributed by atoms with Gasteiger partial charge in [-0.2, -0.15) is 0 Å². The maximum atomic E-state index is 11.3. The van der Waals surface area contributed by atoms with Gasteiger partial charge in [0.2, 0.25) is 5.91 Å². The Kier molecular flexibility index (Phi) is 10.1. The first-order chi connectivity index (χ1) is 6.24. The molecule has 0 spiro atoms. The van der Waals surface area contributed by atoms with Crippen LogP contribution in [0.25, 0.3) is 0 Å². The standard InChI is InChI=1S/C8H13N3OS.2ClH/c1-2-3-6(9)7(12)11-8-10-4-5-13-8;;/h4-6H,2-3,9H2,1H3,(H,10,11,12);2*1H. The molecule has 0 bridgehead atoms. The number of carbonyl (C=O) groups excluding carboxylic acids is 1. The van der Waals surface area contributed by atoms with Crippen molar-refractivity contribution in [2.24, 2.45) is 5.73 Å². The fourth-order valence-electron chi connectivity index (χ4n) is 0.925. The van der Waals surface area contributed by atoms with E-state index in [0.29, 0.717) is 11.6 Å².